The highest BCUT2D eigenvalue weighted by molar-refractivity contribution is 7.18. The molecule has 29 heavy (non-hydrogen) atoms. The molecule has 3 aromatic rings. The lowest BCUT2D eigenvalue weighted by Gasteiger charge is -2.12. The van der Waals surface area contributed by atoms with E-state index in [-0.39, 0.29) is 24.4 Å². The molecule has 0 bridgehead atoms. The molecule has 0 saturated carbocycles. The van der Waals surface area contributed by atoms with Crippen LogP contribution in [0, 0.1) is 13.8 Å². The Balaban J connectivity index is 1.61. The second kappa shape index (κ2) is 9.09. The van der Waals surface area contributed by atoms with Gasteiger partial charge in [0.25, 0.3) is 5.56 Å². The van der Waals surface area contributed by atoms with E-state index in [9.17, 15) is 9.59 Å². The van der Waals surface area contributed by atoms with Gasteiger partial charge in [0.1, 0.15) is 4.83 Å². The molecule has 1 amide bonds. The van der Waals surface area contributed by atoms with Crippen molar-refractivity contribution in [2.24, 2.45) is 0 Å². The van der Waals surface area contributed by atoms with Crippen molar-refractivity contribution < 1.29 is 14.3 Å². The van der Waals surface area contributed by atoms with Crippen molar-refractivity contribution >= 4 is 27.5 Å². The number of hydrogen-bond acceptors (Lipinski definition) is 6. The van der Waals surface area contributed by atoms with Gasteiger partial charge in [-0.2, -0.15) is 0 Å². The van der Waals surface area contributed by atoms with Gasteiger partial charge >= 0.3 is 0 Å². The van der Waals surface area contributed by atoms with Gasteiger partial charge in [-0.15, -0.1) is 11.3 Å². The quantitative estimate of drug-likeness (QED) is 0.611. The number of nitrogens with zero attached hydrogens (tertiary/aromatic N) is 2. The molecule has 1 N–H and O–H groups in total. The van der Waals surface area contributed by atoms with Gasteiger partial charge in [-0.05, 0) is 44.0 Å². The highest BCUT2D eigenvalue weighted by Gasteiger charge is 2.13. The van der Waals surface area contributed by atoms with E-state index >= 15 is 0 Å². The number of aryl methyl sites for hydroxylation is 3. The fourth-order valence-corrected chi connectivity index (χ4v) is 4.03. The fourth-order valence-electron chi connectivity index (χ4n) is 3.04. The molecule has 2 heterocycles. The summed E-state index contributed by atoms with van der Waals surface area (Å²) in [6.45, 7) is 7.00. The maximum Gasteiger partial charge on any atom is 0.262 e. The van der Waals surface area contributed by atoms with Gasteiger partial charge in [-0.3, -0.25) is 14.2 Å². The van der Waals surface area contributed by atoms with Crippen molar-refractivity contribution in [3.05, 3.63) is 50.9 Å². The van der Waals surface area contributed by atoms with Crippen LogP contribution in [0.2, 0.25) is 0 Å². The standard InChI is InChI=1S/C21H25N3O4S/c1-5-28-17-10-15(6-7-16(17)27-4)11-22-18(25)8-9-24-12-23-20-19(21(24)26)13(2)14(3)29-20/h6-7,10,12H,5,8-9,11H2,1-4H3,(H,22,25). The number of methoxy groups -OCH3 is 1. The van der Waals surface area contributed by atoms with E-state index in [2.05, 4.69) is 10.3 Å². The Morgan fingerprint density at radius 1 is 1.28 bits per heavy atom. The second-order valence-electron chi connectivity index (χ2n) is 6.65. The molecule has 0 spiro atoms. The minimum atomic E-state index is -0.135. The third-order valence-corrected chi connectivity index (χ3v) is 5.87. The number of carbonyl (C=O) groups is 1. The summed E-state index contributed by atoms with van der Waals surface area (Å²) >= 11 is 1.52. The number of thiophene rings is 1. The maximum absolute atomic E-state index is 12.7. The third kappa shape index (κ3) is 4.59. The minimum absolute atomic E-state index is 0.0961. The zero-order valence-corrected chi connectivity index (χ0v) is 17.9. The Labute approximate surface area is 173 Å². The Bertz CT molecular complexity index is 1090. The Kier molecular flexibility index (Phi) is 6.53. The molecule has 3 rings (SSSR count). The molecule has 0 aliphatic carbocycles. The molecule has 0 aliphatic heterocycles. The Hall–Kier alpha value is -2.87. The molecular formula is C21H25N3O4S. The van der Waals surface area contributed by atoms with E-state index < -0.39 is 0 Å². The van der Waals surface area contributed by atoms with E-state index in [0.717, 1.165) is 20.8 Å². The molecule has 0 aliphatic rings. The third-order valence-electron chi connectivity index (χ3n) is 4.75. The molecule has 0 saturated heterocycles. The summed E-state index contributed by atoms with van der Waals surface area (Å²) in [5.41, 5.74) is 1.78. The molecule has 1 aromatic carbocycles. The summed E-state index contributed by atoms with van der Waals surface area (Å²) in [7, 11) is 1.59. The van der Waals surface area contributed by atoms with Gasteiger partial charge in [-0.1, -0.05) is 6.07 Å². The Morgan fingerprint density at radius 2 is 2.07 bits per heavy atom. The fraction of sp³-hybridized carbons (Fsp3) is 0.381. The van der Waals surface area contributed by atoms with Crippen LogP contribution in [-0.2, 0) is 17.9 Å². The second-order valence-corrected chi connectivity index (χ2v) is 7.85. The molecule has 2 aromatic heterocycles. The lowest BCUT2D eigenvalue weighted by molar-refractivity contribution is -0.121. The zero-order chi connectivity index (χ0) is 21.0. The number of hydrogen-bond donors (Lipinski definition) is 1. The van der Waals surface area contributed by atoms with Crippen LogP contribution in [-0.4, -0.2) is 29.2 Å². The number of carbonyl (C=O) groups excluding carboxylic acids is 1. The van der Waals surface area contributed by atoms with Crippen molar-refractivity contribution in [2.75, 3.05) is 13.7 Å². The number of rotatable bonds is 8. The van der Waals surface area contributed by atoms with Crippen molar-refractivity contribution in [1.82, 2.24) is 14.9 Å². The number of fused-ring (bicyclic) bond motifs is 1. The number of nitrogens with one attached hydrogen (secondary N) is 1. The van der Waals surface area contributed by atoms with Gasteiger partial charge in [0.05, 0.1) is 25.4 Å². The van der Waals surface area contributed by atoms with Crippen LogP contribution in [0.5, 0.6) is 11.5 Å². The molecule has 154 valence electrons. The lowest BCUT2D eigenvalue weighted by Crippen LogP contribution is -2.27. The first-order valence-corrected chi connectivity index (χ1v) is 10.3. The van der Waals surface area contributed by atoms with Gasteiger partial charge in [0, 0.05) is 24.4 Å². The van der Waals surface area contributed by atoms with Gasteiger partial charge in [0.2, 0.25) is 5.91 Å². The van der Waals surface area contributed by atoms with E-state index in [1.165, 1.54) is 22.2 Å². The molecule has 0 unspecified atom stereocenters. The zero-order valence-electron chi connectivity index (χ0n) is 17.1. The van der Waals surface area contributed by atoms with Crippen LogP contribution < -0.4 is 20.3 Å². The van der Waals surface area contributed by atoms with Crippen molar-refractivity contribution in [3.63, 3.8) is 0 Å². The average molecular weight is 416 g/mol. The molecule has 0 atom stereocenters. The molecule has 7 nitrogen and oxygen atoms in total. The van der Waals surface area contributed by atoms with E-state index in [1.54, 1.807) is 7.11 Å². The summed E-state index contributed by atoms with van der Waals surface area (Å²) in [6.07, 6.45) is 1.72. The predicted octanol–water partition coefficient (Wildman–Crippen LogP) is 3.19. The van der Waals surface area contributed by atoms with Gasteiger partial charge in [-0.25, -0.2) is 4.98 Å². The Morgan fingerprint density at radius 3 is 2.79 bits per heavy atom. The van der Waals surface area contributed by atoms with Gasteiger partial charge in [0.15, 0.2) is 11.5 Å². The summed E-state index contributed by atoms with van der Waals surface area (Å²) < 4.78 is 12.3. The van der Waals surface area contributed by atoms with E-state index in [1.807, 2.05) is 39.0 Å². The normalized spacial score (nSPS) is 10.9. The first-order chi connectivity index (χ1) is 13.9. The number of amides is 1. The molecule has 0 radical (unpaired) electrons. The lowest BCUT2D eigenvalue weighted by atomic mass is 10.2. The van der Waals surface area contributed by atoms with Crippen molar-refractivity contribution in [2.45, 2.75) is 40.3 Å². The van der Waals surface area contributed by atoms with Crippen molar-refractivity contribution in [1.29, 1.82) is 0 Å². The first kappa shape index (κ1) is 20.9. The first-order valence-electron chi connectivity index (χ1n) is 9.46. The highest BCUT2D eigenvalue weighted by atomic mass is 32.1. The van der Waals surface area contributed by atoms with Crippen LogP contribution in [0.1, 0.15) is 29.3 Å². The van der Waals surface area contributed by atoms with Crippen LogP contribution in [0.25, 0.3) is 10.2 Å². The van der Waals surface area contributed by atoms with E-state index in [4.69, 9.17) is 9.47 Å². The molecule has 0 fully saturated rings. The predicted molar refractivity (Wildman–Crippen MR) is 114 cm³/mol. The average Bonchev–Trinajstić information content (AvgIpc) is 3.00. The number of benzene rings is 1. The van der Waals surface area contributed by atoms with E-state index in [0.29, 0.717) is 30.0 Å². The number of ether oxygens (including phenoxy) is 2. The topological polar surface area (TPSA) is 82.5 Å². The van der Waals surface area contributed by atoms with Gasteiger partial charge < -0.3 is 14.8 Å². The number of aromatic nitrogens is 2. The largest absolute Gasteiger partial charge is 0.493 e. The summed E-state index contributed by atoms with van der Waals surface area (Å²) in [4.78, 5) is 31.2. The van der Waals surface area contributed by atoms with Crippen LogP contribution in [0.4, 0.5) is 0 Å². The van der Waals surface area contributed by atoms with Crippen LogP contribution in [0.3, 0.4) is 0 Å². The summed E-state index contributed by atoms with van der Waals surface area (Å²) in [5, 5.41) is 3.53. The summed E-state index contributed by atoms with van der Waals surface area (Å²) in [5.74, 6) is 1.17. The highest BCUT2D eigenvalue weighted by Crippen LogP contribution is 2.28. The maximum atomic E-state index is 12.7. The van der Waals surface area contributed by atoms with Crippen LogP contribution in [0.15, 0.2) is 29.3 Å². The SMILES string of the molecule is CCOc1cc(CNC(=O)CCn2cnc3sc(C)c(C)c3c2=O)ccc1OC. The smallest absolute Gasteiger partial charge is 0.262 e. The van der Waals surface area contributed by atoms with Crippen molar-refractivity contribution in [3.8, 4) is 11.5 Å². The monoisotopic (exact) mass is 415 g/mol. The summed E-state index contributed by atoms with van der Waals surface area (Å²) in [6, 6.07) is 5.55. The molecule has 8 heteroatoms. The molecular weight excluding hydrogens is 390 g/mol. The minimum Gasteiger partial charge on any atom is -0.493 e. The van der Waals surface area contributed by atoms with Crippen LogP contribution >= 0.6 is 11.3 Å².